The molecule has 0 spiro atoms. The Balaban J connectivity index is 2.77. The molecule has 0 heterocycles. The van der Waals surface area contributed by atoms with Crippen molar-refractivity contribution in [1.82, 2.24) is 16.0 Å². The first-order chi connectivity index (χ1) is 13.6. The fourth-order valence-electron chi connectivity index (χ4n) is 3.13. The van der Waals surface area contributed by atoms with Crippen LogP contribution in [0.15, 0.2) is 29.3 Å². The van der Waals surface area contributed by atoms with Gasteiger partial charge in [0.15, 0.2) is 5.96 Å². The quantitative estimate of drug-likeness (QED) is 0.356. The number of aliphatic hydroxyl groups is 1. The maximum Gasteiger partial charge on any atom is 0.251 e. The van der Waals surface area contributed by atoms with Gasteiger partial charge in [-0.15, -0.1) is 0 Å². The van der Waals surface area contributed by atoms with E-state index in [-0.39, 0.29) is 18.1 Å². The molecule has 0 radical (unpaired) electrons. The van der Waals surface area contributed by atoms with Crippen molar-refractivity contribution in [2.75, 3.05) is 19.7 Å². The summed E-state index contributed by atoms with van der Waals surface area (Å²) in [6, 6.07) is 7.58. The van der Waals surface area contributed by atoms with Gasteiger partial charge in [-0.2, -0.15) is 0 Å². The molecule has 0 fully saturated rings. The highest BCUT2D eigenvalue weighted by Crippen LogP contribution is 2.14. The summed E-state index contributed by atoms with van der Waals surface area (Å²) in [4.78, 5) is 17.1. The molecule has 0 aliphatic heterocycles. The molecule has 1 atom stereocenters. The lowest BCUT2D eigenvalue weighted by Crippen LogP contribution is -2.40. The Labute approximate surface area is 176 Å². The number of aliphatic imine (C=N–C) groups is 1. The molecule has 1 unspecified atom stereocenters. The molecule has 0 saturated carbocycles. The molecule has 1 rings (SSSR count). The maximum absolute atomic E-state index is 12.4. The van der Waals surface area contributed by atoms with E-state index in [0.29, 0.717) is 23.9 Å². The van der Waals surface area contributed by atoms with Gasteiger partial charge in [0.05, 0.1) is 6.54 Å². The lowest BCUT2D eigenvalue weighted by molar-refractivity contribution is 0.0919. The topological polar surface area (TPSA) is 85.8 Å². The Morgan fingerprint density at radius 3 is 2.52 bits per heavy atom. The van der Waals surface area contributed by atoms with Crippen LogP contribution in [0.5, 0.6) is 0 Å². The summed E-state index contributed by atoms with van der Waals surface area (Å²) >= 11 is 0. The van der Waals surface area contributed by atoms with Gasteiger partial charge < -0.3 is 21.1 Å². The first-order valence-corrected chi connectivity index (χ1v) is 10.7. The van der Waals surface area contributed by atoms with Gasteiger partial charge in [0, 0.05) is 30.8 Å². The number of nitrogens with one attached hydrogen (secondary N) is 3. The number of hydrogen-bond acceptors (Lipinski definition) is 3. The third kappa shape index (κ3) is 10.9. The molecule has 0 bridgehead atoms. The predicted molar refractivity (Wildman–Crippen MR) is 121 cm³/mol. The zero-order valence-corrected chi connectivity index (χ0v) is 19.0. The maximum atomic E-state index is 12.4. The highest BCUT2D eigenvalue weighted by molar-refractivity contribution is 5.94. The van der Waals surface area contributed by atoms with E-state index in [4.69, 9.17) is 0 Å². The molecule has 1 aromatic rings. The summed E-state index contributed by atoms with van der Waals surface area (Å²) < 4.78 is 0. The van der Waals surface area contributed by atoms with E-state index in [9.17, 15) is 9.90 Å². The van der Waals surface area contributed by atoms with Gasteiger partial charge in [-0.3, -0.25) is 4.79 Å². The zero-order chi connectivity index (χ0) is 21.9. The van der Waals surface area contributed by atoms with Crippen molar-refractivity contribution in [3.63, 3.8) is 0 Å². The van der Waals surface area contributed by atoms with Crippen LogP contribution in [0.2, 0.25) is 0 Å². The van der Waals surface area contributed by atoms with Crippen molar-refractivity contribution in [3.8, 4) is 0 Å². The van der Waals surface area contributed by atoms with Crippen molar-refractivity contribution >= 4 is 11.9 Å². The van der Waals surface area contributed by atoms with Crippen LogP contribution in [0.4, 0.5) is 0 Å². The average Bonchev–Trinajstić information content (AvgIpc) is 2.62. The average molecular weight is 405 g/mol. The van der Waals surface area contributed by atoms with Crippen LogP contribution in [-0.2, 0) is 6.54 Å². The molecule has 0 aliphatic carbocycles. The standard InChI is InChI=1S/C23H40N4O2/c1-7-24-22(26-16-19(11-12-28)13-17(2)3)25-15-18-9-8-10-20(14-18)21(29)27-23(4,5)6/h8-10,14,17,19,28H,7,11-13,15-16H2,1-6H3,(H,27,29)(H2,24,25,26). The van der Waals surface area contributed by atoms with Crippen LogP contribution in [0.1, 0.15) is 70.3 Å². The second-order valence-electron chi connectivity index (χ2n) is 8.99. The Hall–Kier alpha value is -2.08. The van der Waals surface area contributed by atoms with Crippen molar-refractivity contribution < 1.29 is 9.90 Å². The molecule has 0 aromatic heterocycles. The van der Waals surface area contributed by atoms with Crippen molar-refractivity contribution in [2.45, 2.75) is 66.5 Å². The van der Waals surface area contributed by atoms with Crippen LogP contribution < -0.4 is 16.0 Å². The second kappa shape index (κ2) is 12.5. The second-order valence-corrected chi connectivity index (χ2v) is 8.99. The molecular formula is C23H40N4O2. The molecule has 0 saturated heterocycles. The van der Waals surface area contributed by atoms with Crippen LogP contribution in [0, 0.1) is 11.8 Å². The Morgan fingerprint density at radius 1 is 1.21 bits per heavy atom. The van der Waals surface area contributed by atoms with Crippen LogP contribution in [0.25, 0.3) is 0 Å². The fraction of sp³-hybridized carbons (Fsp3) is 0.652. The minimum absolute atomic E-state index is 0.0751. The molecule has 29 heavy (non-hydrogen) atoms. The van der Waals surface area contributed by atoms with Gasteiger partial charge in [-0.1, -0.05) is 26.0 Å². The van der Waals surface area contributed by atoms with Crippen molar-refractivity contribution in [1.29, 1.82) is 0 Å². The SMILES string of the molecule is CCNC(=NCc1cccc(C(=O)NC(C)(C)C)c1)NCC(CCO)CC(C)C. The number of rotatable bonds is 10. The smallest absolute Gasteiger partial charge is 0.251 e. The molecule has 164 valence electrons. The van der Waals surface area contributed by atoms with Crippen LogP contribution in [0.3, 0.4) is 0 Å². The Kier molecular flexibility index (Phi) is 10.7. The van der Waals surface area contributed by atoms with E-state index in [0.717, 1.165) is 37.5 Å². The number of guanidine groups is 1. The van der Waals surface area contributed by atoms with Crippen molar-refractivity contribution in [3.05, 3.63) is 35.4 Å². The van der Waals surface area contributed by atoms with E-state index in [1.807, 2.05) is 52.0 Å². The van der Waals surface area contributed by atoms with Gasteiger partial charge in [0.2, 0.25) is 0 Å². The summed E-state index contributed by atoms with van der Waals surface area (Å²) in [6.45, 7) is 14.6. The minimum atomic E-state index is -0.269. The molecular weight excluding hydrogens is 364 g/mol. The van der Waals surface area contributed by atoms with Gasteiger partial charge in [-0.05, 0) is 70.1 Å². The molecule has 0 aliphatic rings. The normalized spacial score (nSPS) is 13.3. The first-order valence-electron chi connectivity index (χ1n) is 10.7. The van der Waals surface area contributed by atoms with Gasteiger partial charge >= 0.3 is 0 Å². The number of hydrogen-bond donors (Lipinski definition) is 4. The van der Waals surface area contributed by atoms with Gasteiger partial charge in [-0.25, -0.2) is 4.99 Å². The highest BCUT2D eigenvalue weighted by Gasteiger charge is 2.15. The highest BCUT2D eigenvalue weighted by atomic mass is 16.3. The van der Waals surface area contributed by atoms with Gasteiger partial charge in [0.25, 0.3) is 5.91 Å². The summed E-state index contributed by atoms with van der Waals surface area (Å²) in [7, 11) is 0. The predicted octanol–water partition coefficient (Wildman–Crippen LogP) is 3.31. The third-order valence-electron chi connectivity index (χ3n) is 4.34. The van der Waals surface area contributed by atoms with Gasteiger partial charge in [0.1, 0.15) is 0 Å². The number of amides is 1. The first kappa shape index (κ1) is 25.0. The lowest BCUT2D eigenvalue weighted by Gasteiger charge is -2.21. The van der Waals surface area contributed by atoms with E-state index >= 15 is 0 Å². The summed E-state index contributed by atoms with van der Waals surface area (Å²) in [5.41, 5.74) is 1.36. The van der Waals surface area contributed by atoms with E-state index in [2.05, 4.69) is 34.8 Å². The fourth-order valence-corrected chi connectivity index (χ4v) is 3.13. The molecule has 1 aromatic carbocycles. The van der Waals surface area contributed by atoms with E-state index in [1.165, 1.54) is 0 Å². The summed E-state index contributed by atoms with van der Waals surface area (Å²) in [5.74, 6) is 1.68. The zero-order valence-electron chi connectivity index (χ0n) is 19.0. The third-order valence-corrected chi connectivity index (χ3v) is 4.34. The van der Waals surface area contributed by atoms with E-state index in [1.54, 1.807) is 0 Å². The number of aliphatic hydroxyl groups excluding tert-OH is 1. The molecule has 4 N–H and O–H groups in total. The van der Waals surface area contributed by atoms with E-state index < -0.39 is 0 Å². The summed E-state index contributed by atoms with van der Waals surface area (Å²) in [5, 5.41) is 19.0. The Morgan fingerprint density at radius 2 is 1.93 bits per heavy atom. The lowest BCUT2D eigenvalue weighted by atomic mass is 9.94. The Bertz CT molecular complexity index is 651. The molecule has 6 heteroatoms. The van der Waals surface area contributed by atoms with Crippen molar-refractivity contribution in [2.24, 2.45) is 16.8 Å². The number of carbonyl (C=O) groups is 1. The largest absolute Gasteiger partial charge is 0.396 e. The molecule has 6 nitrogen and oxygen atoms in total. The monoisotopic (exact) mass is 404 g/mol. The van der Waals surface area contributed by atoms with Crippen LogP contribution in [-0.4, -0.2) is 42.2 Å². The number of nitrogens with zero attached hydrogens (tertiary/aromatic N) is 1. The van der Waals surface area contributed by atoms with Crippen LogP contribution >= 0.6 is 0 Å². The molecule has 1 amide bonds. The number of benzene rings is 1. The number of carbonyl (C=O) groups excluding carboxylic acids is 1. The summed E-state index contributed by atoms with van der Waals surface area (Å²) in [6.07, 6.45) is 1.85. The minimum Gasteiger partial charge on any atom is -0.396 e.